The Morgan fingerprint density at radius 1 is 0.667 bits per heavy atom. The van der Waals surface area contributed by atoms with Crippen LogP contribution in [0.1, 0.15) is 10.4 Å². The van der Waals surface area contributed by atoms with Crippen molar-refractivity contribution in [2.75, 3.05) is 5.43 Å². The molecule has 6 nitrogen and oxygen atoms in total. The minimum Gasteiger partial charge on any atom is -0.289 e. The molecule has 0 radical (unpaired) electrons. The molecule has 0 fully saturated rings. The molecule has 2 aliphatic carbocycles. The van der Waals surface area contributed by atoms with Crippen LogP contribution in [0.25, 0.3) is 10.8 Å². The molecule has 2 aliphatic rings. The van der Waals surface area contributed by atoms with E-state index in [1.807, 2.05) is 36.4 Å². The maximum atomic E-state index is 13.4. The molecule has 0 bridgehead atoms. The van der Waals surface area contributed by atoms with E-state index < -0.39 is 5.91 Å². The zero-order valence-corrected chi connectivity index (χ0v) is 17.4. The van der Waals surface area contributed by atoms with Crippen LogP contribution in [0.3, 0.4) is 0 Å². The zero-order chi connectivity index (χ0) is 22.8. The number of nitrogens with zero attached hydrogens (tertiary/aromatic N) is 2. The maximum absolute atomic E-state index is 13.4. The minimum absolute atomic E-state index is 0.129. The molecule has 5 rings (SSSR count). The lowest BCUT2D eigenvalue weighted by Gasteiger charge is -2.02. The third kappa shape index (κ3) is 3.74. The van der Waals surface area contributed by atoms with Gasteiger partial charge in [0.1, 0.15) is 5.36 Å². The van der Waals surface area contributed by atoms with E-state index in [1.165, 1.54) is 6.07 Å². The van der Waals surface area contributed by atoms with Gasteiger partial charge in [0.05, 0.1) is 16.3 Å². The van der Waals surface area contributed by atoms with Crippen molar-refractivity contribution in [2.45, 2.75) is 0 Å². The fourth-order valence-electron chi connectivity index (χ4n) is 3.75. The molecule has 0 atom stereocenters. The Morgan fingerprint density at radius 2 is 1.27 bits per heavy atom. The van der Waals surface area contributed by atoms with Crippen molar-refractivity contribution < 1.29 is 4.79 Å². The number of amides is 1. The number of anilines is 1. The molecule has 0 heterocycles. The van der Waals surface area contributed by atoms with E-state index in [0.29, 0.717) is 22.0 Å². The first-order valence-electron chi connectivity index (χ1n) is 10.3. The normalized spacial score (nSPS) is 12.4. The van der Waals surface area contributed by atoms with Gasteiger partial charge in [-0.05, 0) is 36.4 Å². The number of nitrogens with one attached hydrogen (secondary N) is 1. The third-order valence-corrected chi connectivity index (χ3v) is 5.36. The molecule has 0 aromatic heterocycles. The Hall–Kier alpha value is -4.71. The minimum atomic E-state index is -0.471. The van der Waals surface area contributed by atoms with E-state index in [-0.39, 0.29) is 32.0 Å². The summed E-state index contributed by atoms with van der Waals surface area (Å²) in [5, 5.41) is 5.79. The number of hydrogen-bond acceptors (Lipinski definition) is 5. The average Bonchev–Trinajstić information content (AvgIpc) is 2.87. The van der Waals surface area contributed by atoms with Gasteiger partial charge in [-0.1, -0.05) is 60.7 Å². The van der Waals surface area contributed by atoms with Gasteiger partial charge in [0, 0.05) is 21.6 Å². The van der Waals surface area contributed by atoms with Crippen molar-refractivity contribution in [3.05, 3.63) is 144 Å². The van der Waals surface area contributed by atoms with Gasteiger partial charge in [-0.15, -0.1) is 0 Å². The van der Waals surface area contributed by atoms with E-state index in [9.17, 15) is 14.4 Å². The van der Waals surface area contributed by atoms with E-state index in [1.54, 1.807) is 54.6 Å². The highest BCUT2D eigenvalue weighted by atomic mass is 16.1. The Balaban J connectivity index is 1.88. The number of benzene rings is 3. The van der Waals surface area contributed by atoms with Gasteiger partial charge < -0.3 is 0 Å². The van der Waals surface area contributed by atoms with Crippen LogP contribution in [-0.2, 0) is 0 Å². The predicted molar refractivity (Wildman–Crippen MR) is 126 cm³/mol. The molecule has 158 valence electrons. The molecule has 0 saturated carbocycles. The van der Waals surface area contributed by atoms with Gasteiger partial charge in [-0.25, -0.2) is 4.99 Å². The van der Waals surface area contributed by atoms with Gasteiger partial charge in [0.2, 0.25) is 0 Å². The number of carbonyl (C=O) groups excluding carboxylic acids is 1. The topological polar surface area (TPSA) is 88.0 Å². The van der Waals surface area contributed by atoms with E-state index in [2.05, 4.69) is 15.5 Å². The zero-order valence-electron chi connectivity index (χ0n) is 17.4. The van der Waals surface area contributed by atoms with Gasteiger partial charge in [-0.2, -0.15) is 5.10 Å². The molecule has 0 aliphatic heterocycles. The molecule has 1 N–H and O–H groups in total. The van der Waals surface area contributed by atoms with E-state index in [0.717, 1.165) is 0 Å². The first-order chi connectivity index (χ1) is 16.1. The Labute approximate surface area is 187 Å². The van der Waals surface area contributed by atoms with Gasteiger partial charge in [-0.3, -0.25) is 19.8 Å². The van der Waals surface area contributed by atoms with Crippen LogP contribution in [0.2, 0.25) is 0 Å². The van der Waals surface area contributed by atoms with E-state index in [4.69, 9.17) is 0 Å². The number of para-hydroxylation sites is 1. The second kappa shape index (κ2) is 8.43. The van der Waals surface area contributed by atoms with Gasteiger partial charge >= 0.3 is 0 Å². The number of carbonyl (C=O) groups is 1. The summed E-state index contributed by atoms with van der Waals surface area (Å²) < 4.78 is 0. The number of hydrogen-bond donors (Lipinski definition) is 1. The predicted octanol–water partition coefficient (Wildman–Crippen LogP) is 2.83. The second-order valence-electron chi connectivity index (χ2n) is 7.43. The lowest BCUT2D eigenvalue weighted by molar-refractivity contribution is 0.0998. The Morgan fingerprint density at radius 3 is 1.97 bits per heavy atom. The van der Waals surface area contributed by atoms with Crippen LogP contribution in [0.4, 0.5) is 5.69 Å². The maximum Gasteiger partial charge on any atom is 0.277 e. The van der Waals surface area contributed by atoms with Crippen LogP contribution < -0.4 is 27.0 Å². The fraction of sp³-hybridized carbons (Fsp3) is 0. The third-order valence-electron chi connectivity index (χ3n) is 5.36. The quantitative estimate of drug-likeness (QED) is 0.445. The monoisotopic (exact) mass is 431 g/mol. The molecule has 3 aromatic carbocycles. The SMILES string of the molecule is O=C(N=c1ccc2c(=O)c3ccccc3c(=O)c=2c1=NNc1ccccc1)c1ccccc1. The van der Waals surface area contributed by atoms with Crippen molar-refractivity contribution in [1.29, 1.82) is 0 Å². The standard InChI is InChI=1S/C27H17N3O3/c31-25-19-13-7-8-14-20(19)26(32)23-21(25)15-16-22(28-27(33)17-9-3-1-4-10-17)24(23)30-29-18-11-5-2-6-12-18/h1-16,29H. The Kier molecular flexibility index (Phi) is 5.16. The molecule has 0 unspecified atom stereocenters. The van der Waals surface area contributed by atoms with Crippen LogP contribution in [-0.4, -0.2) is 5.91 Å². The molecular formula is C27H17N3O3. The number of fused-ring (bicyclic) bond motifs is 1. The van der Waals surface area contributed by atoms with Crippen molar-refractivity contribution in [3.8, 4) is 0 Å². The first kappa shape index (κ1) is 20.2. The summed E-state index contributed by atoms with van der Waals surface area (Å²) in [5.41, 5.74) is 3.41. The summed E-state index contributed by atoms with van der Waals surface area (Å²) in [4.78, 5) is 43.6. The molecule has 33 heavy (non-hydrogen) atoms. The van der Waals surface area contributed by atoms with Crippen LogP contribution in [0.15, 0.2) is 117 Å². The molecule has 0 saturated heterocycles. The van der Waals surface area contributed by atoms with Crippen molar-refractivity contribution in [3.63, 3.8) is 0 Å². The first-order valence-corrected chi connectivity index (χ1v) is 10.3. The largest absolute Gasteiger partial charge is 0.289 e. The molecule has 3 aromatic rings. The van der Waals surface area contributed by atoms with Gasteiger partial charge in [0.15, 0.2) is 10.9 Å². The van der Waals surface area contributed by atoms with Crippen LogP contribution in [0.5, 0.6) is 0 Å². The lowest BCUT2D eigenvalue weighted by atomic mass is 10.0. The van der Waals surface area contributed by atoms with Crippen molar-refractivity contribution in [2.24, 2.45) is 10.1 Å². The molecule has 0 spiro atoms. The summed E-state index contributed by atoms with van der Waals surface area (Å²) in [6, 6.07) is 27.6. The van der Waals surface area contributed by atoms with Crippen molar-refractivity contribution >= 4 is 22.4 Å². The summed E-state index contributed by atoms with van der Waals surface area (Å²) in [5.74, 6) is -0.471. The fourth-order valence-corrected chi connectivity index (χ4v) is 3.75. The molecule has 6 heteroatoms. The highest BCUT2D eigenvalue weighted by molar-refractivity contribution is 5.94. The highest BCUT2D eigenvalue weighted by Gasteiger charge is 2.11. The molecular weight excluding hydrogens is 414 g/mol. The lowest BCUT2D eigenvalue weighted by Crippen LogP contribution is -2.35. The van der Waals surface area contributed by atoms with Crippen LogP contribution >= 0.6 is 0 Å². The summed E-state index contributed by atoms with van der Waals surface area (Å²) >= 11 is 0. The molecule has 1 amide bonds. The van der Waals surface area contributed by atoms with Gasteiger partial charge in [0.25, 0.3) is 5.91 Å². The number of rotatable bonds is 3. The van der Waals surface area contributed by atoms with Crippen molar-refractivity contribution in [1.82, 2.24) is 0 Å². The smallest absolute Gasteiger partial charge is 0.277 e. The highest BCUT2D eigenvalue weighted by Crippen LogP contribution is 2.06. The van der Waals surface area contributed by atoms with E-state index >= 15 is 0 Å². The second-order valence-corrected chi connectivity index (χ2v) is 7.43. The Bertz CT molecular complexity index is 1790. The van der Waals surface area contributed by atoms with Crippen LogP contribution in [0, 0.1) is 10.4 Å². The summed E-state index contributed by atoms with van der Waals surface area (Å²) in [6.45, 7) is 0. The summed E-state index contributed by atoms with van der Waals surface area (Å²) in [6.07, 6.45) is 0. The summed E-state index contributed by atoms with van der Waals surface area (Å²) in [7, 11) is 0. The average molecular weight is 431 g/mol.